The van der Waals surface area contributed by atoms with Gasteiger partial charge in [0.25, 0.3) is 11.2 Å². The number of hydrogen-bond donors (Lipinski definition) is 1. The van der Waals surface area contributed by atoms with Crippen LogP contribution in [-0.2, 0) is 14.7 Å². The Kier molecular flexibility index (Phi) is 4.99. The highest BCUT2D eigenvalue weighted by molar-refractivity contribution is 9.10. The first-order chi connectivity index (χ1) is 13.8. The highest BCUT2D eigenvalue weighted by atomic mass is 79.9. The molecular weight excluding hydrogens is 457 g/mol. The Bertz CT molecular complexity index is 1060. The standard InChI is InChI=1S/C21H17BrNO5P/c1-23-19-13-12-15(22)14-18(19)21(25,20(23)24)29(26,27-16-8-4-2-5-9-16)28-17-10-6-3-7-11-17/h2-14,25H,1H3. The first-order valence-corrected chi connectivity index (χ1v) is 11.1. The predicted molar refractivity (Wildman–Crippen MR) is 113 cm³/mol. The molecule has 1 unspecified atom stereocenters. The monoisotopic (exact) mass is 473 g/mol. The average molecular weight is 474 g/mol. The molecular formula is C21H17BrNO5P. The van der Waals surface area contributed by atoms with Crippen LogP contribution in [0.1, 0.15) is 5.56 Å². The fraction of sp³-hybridized carbons (Fsp3) is 0.0952. The van der Waals surface area contributed by atoms with E-state index in [9.17, 15) is 14.5 Å². The smallest absolute Gasteiger partial charge is 0.414 e. The van der Waals surface area contributed by atoms with Gasteiger partial charge in [0.15, 0.2) is 0 Å². The van der Waals surface area contributed by atoms with Crippen LogP contribution < -0.4 is 13.9 Å². The van der Waals surface area contributed by atoms with Gasteiger partial charge in [0.2, 0.25) is 0 Å². The van der Waals surface area contributed by atoms with Gasteiger partial charge in [-0.25, -0.2) is 4.57 Å². The summed E-state index contributed by atoms with van der Waals surface area (Å²) in [5.74, 6) is -0.376. The lowest BCUT2D eigenvalue weighted by Crippen LogP contribution is -2.41. The normalized spacial score (nSPS) is 18.4. The maximum atomic E-state index is 14.1. The van der Waals surface area contributed by atoms with Crippen molar-refractivity contribution in [2.24, 2.45) is 0 Å². The van der Waals surface area contributed by atoms with E-state index in [4.69, 9.17) is 9.05 Å². The number of amides is 1. The molecule has 1 atom stereocenters. The lowest BCUT2D eigenvalue weighted by atomic mass is 10.1. The van der Waals surface area contributed by atoms with E-state index in [2.05, 4.69) is 15.9 Å². The van der Waals surface area contributed by atoms with Crippen molar-refractivity contribution in [2.45, 2.75) is 5.34 Å². The molecule has 8 heteroatoms. The molecule has 1 aliphatic heterocycles. The van der Waals surface area contributed by atoms with Crippen molar-refractivity contribution >= 4 is 35.1 Å². The van der Waals surface area contributed by atoms with Crippen LogP contribution in [0.4, 0.5) is 5.69 Å². The fourth-order valence-corrected chi connectivity index (χ4v) is 5.51. The van der Waals surface area contributed by atoms with Gasteiger partial charge >= 0.3 is 7.60 Å². The highest BCUT2D eigenvalue weighted by Gasteiger charge is 2.66. The Hall–Kier alpha value is -2.60. The molecule has 4 rings (SSSR count). The SMILES string of the molecule is CN1C(=O)C(O)(P(=O)(Oc2ccccc2)Oc2ccccc2)c2cc(Br)ccc21. The zero-order valence-electron chi connectivity index (χ0n) is 15.4. The summed E-state index contributed by atoms with van der Waals surface area (Å²) in [6.07, 6.45) is 0. The van der Waals surface area contributed by atoms with Crippen molar-refractivity contribution in [1.82, 2.24) is 0 Å². The van der Waals surface area contributed by atoms with Gasteiger partial charge in [0.05, 0.1) is 5.69 Å². The first-order valence-electron chi connectivity index (χ1n) is 8.75. The molecule has 0 spiro atoms. The van der Waals surface area contributed by atoms with E-state index < -0.39 is 18.8 Å². The number of benzene rings is 3. The minimum Gasteiger partial charge on any atom is -0.414 e. The molecule has 0 fully saturated rings. The van der Waals surface area contributed by atoms with Crippen molar-refractivity contribution in [2.75, 3.05) is 11.9 Å². The van der Waals surface area contributed by atoms with Crippen molar-refractivity contribution in [1.29, 1.82) is 0 Å². The van der Waals surface area contributed by atoms with Crippen molar-refractivity contribution in [3.05, 3.63) is 88.9 Å². The van der Waals surface area contributed by atoms with E-state index in [0.717, 1.165) is 0 Å². The first kappa shape index (κ1) is 19.7. The molecule has 148 valence electrons. The molecule has 1 aliphatic rings. The molecule has 1 amide bonds. The van der Waals surface area contributed by atoms with Crippen LogP contribution in [0.25, 0.3) is 0 Å². The van der Waals surface area contributed by atoms with Crippen LogP contribution in [0.5, 0.6) is 11.5 Å². The Morgan fingerprint density at radius 2 is 1.45 bits per heavy atom. The number of halogens is 1. The summed E-state index contributed by atoms with van der Waals surface area (Å²) in [5, 5.41) is 9.10. The Balaban J connectivity index is 1.90. The zero-order chi connectivity index (χ0) is 20.6. The van der Waals surface area contributed by atoms with Crippen LogP contribution in [0, 0.1) is 0 Å². The third-order valence-electron chi connectivity index (χ3n) is 4.63. The Labute approximate surface area is 176 Å². The van der Waals surface area contributed by atoms with Crippen molar-refractivity contribution in [3.8, 4) is 11.5 Å². The molecule has 0 bridgehead atoms. The van der Waals surface area contributed by atoms with Crippen LogP contribution in [-0.4, -0.2) is 18.1 Å². The lowest BCUT2D eigenvalue weighted by molar-refractivity contribution is -0.129. The van der Waals surface area contributed by atoms with Gasteiger partial charge in [-0.2, -0.15) is 0 Å². The van der Waals surface area contributed by atoms with Gasteiger partial charge in [0, 0.05) is 17.1 Å². The quantitative estimate of drug-likeness (QED) is 0.532. The fourth-order valence-electron chi connectivity index (χ4n) is 3.19. The third-order valence-corrected chi connectivity index (χ3v) is 7.25. The molecule has 0 saturated heterocycles. The van der Waals surface area contributed by atoms with E-state index in [1.165, 1.54) is 11.9 Å². The van der Waals surface area contributed by atoms with E-state index >= 15 is 0 Å². The molecule has 6 nitrogen and oxygen atoms in total. The molecule has 1 N–H and O–H groups in total. The summed E-state index contributed by atoms with van der Waals surface area (Å²) in [6, 6.07) is 21.6. The summed E-state index contributed by atoms with van der Waals surface area (Å²) < 4.78 is 26.2. The largest absolute Gasteiger partial charge is 0.476 e. The van der Waals surface area contributed by atoms with Crippen molar-refractivity contribution < 1.29 is 23.5 Å². The number of nitrogens with zero attached hydrogens (tertiary/aromatic N) is 1. The number of para-hydroxylation sites is 2. The summed E-state index contributed by atoms with van der Waals surface area (Å²) in [4.78, 5) is 14.4. The van der Waals surface area contributed by atoms with E-state index in [-0.39, 0.29) is 17.1 Å². The van der Waals surface area contributed by atoms with E-state index in [0.29, 0.717) is 10.2 Å². The number of anilines is 1. The second-order valence-electron chi connectivity index (χ2n) is 6.50. The second-order valence-corrected chi connectivity index (χ2v) is 9.43. The molecule has 0 saturated carbocycles. The van der Waals surface area contributed by atoms with Crippen LogP contribution >= 0.6 is 23.5 Å². The van der Waals surface area contributed by atoms with Crippen LogP contribution in [0.15, 0.2) is 83.3 Å². The Morgan fingerprint density at radius 3 is 1.97 bits per heavy atom. The minimum atomic E-state index is -4.52. The average Bonchev–Trinajstić information content (AvgIpc) is 2.91. The summed E-state index contributed by atoms with van der Waals surface area (Å²) >= 11 is 3.34. The van der Waals surface area contributed by atoms with Gasteiger partial charge in [-0.15, -0.1) is 0 Å². The number of rotatable bonds is 5. The molecule has 3 aromatic carbocycles. The van der Waals surface area contributed by atoms with Crippen molar-refractivity contribution in [3.63, 3.8) is 0 Å². The van der Waals surface area contributed by atoms with E-state index in [1.807, 2.05) is 0 Å². The van der Waals surface area contributed by atoms with Gasteiger partial charge in [-0.05, 0) is 42.5 Å². The van der Waals surface area contributed by atoms with Crippen LogP contribution in [0.2, 0.25) is 0 Å². The maximum Gasteiger partial charge on any atom is 0.476 e. The second kappa shape index (κ2) is 7.34. The van der Waals surface area contributed by atoms with Gasteiger partial charge in [-0.1, -0.05) is 52.3 Å². The maximum absolute atomic E-state index is 14.1. The van der Waals surface area contributed by atoms with Gasteiger partial charge < -0.3 is 19.1 Å². The molecule has 1 heterocycles. The number of fused-ring (bicyclic) bond motifs is 1. The zero-order valence-corrected chi connectivity index (χ0v) is 17.8. The molecule has 3 aromatic rings. The molecule has 0 radical (unpaired) electrons. The van der Waals surface area contributed by atoms with Gasteiger partial charge in [0.1, 0.15) is 11.5 Å². The molecule has 0 aliphatic carbocycles. The lowest BCUT2D eigenvalue weighted by Gasteiger charge is -2.30. The minimum absolute atomic E-state index is 0.148. The third kappa shape index (κ3) is 3.25. The summed E-state index contributed by atoms with van der Waals surface area (Å²) in [6.45, 7) is 0. The molecule has 29 heavy (non-hydrogen) atoms. The highest BCUT2D eigenvalue weighted by Crippen LogP contribution is 2.66. The number of carbonyl (C=O) groups excluding carboxylic acids is 1. The Morgan fingerprint density at radius 1 is 0.931 bits per heavy atom. The molecule has 0 aromatic heterocycles. The van der Waals surface area contributed by atoms with Crippen LogP contribution in [0.3, 0.4) is 0 Å². The van der Waals surface area contributed by atoms with E-state index in [1.54, 1.807) is 78.9 Å². The summed E-state index contributed by atoms with van der Waals surface area (Å²) in [5.41, 5.74) is 0.573. The predicted octanol–water partition coefficient (Wildman–Crippen LogP) is 4.92. The number of carbonyl (C=O) groups is 1. The van der Waals surface area contributed by atoms with Gasteiger partial charge in [-0.3, -0.25) is 4.79 Å². The number of likely N-dealkylation sites (N-methyl/N-ethyl adjacent to an activating group) is 1. The summed E-state index contributed by atoms with van der Waals surface area (Å²) in [7, 11) is -3.02. The topological polar surface area (TPSA) is 76.1 Å². The number of aliphatic hydroxyl groups is 1. The number of hydrogen-bond acceptors (Lipinski definition) is 5.